The maximum absolute atomic E-state index is 9.37. The molecular weight excluding hydrogens is 572 g/mol. The Labute approximate surface area is 247 Å². The third kappa shape index (κ3) is 26.9. The smallest absolute Gasteiger partial charge is 0.180 e. The van der Waals surface area contributed by atoms with Crippen molar-refractivity contribution in [2.45, 2.75) is 31.1 Å². The van der Waals surface area contributed by atoms with E-state index in [1.165, 1.54) is 0 Å². The lowest BCUT2D eigenvalue weighted by molar-refractivity contribution is -0.193. The summed E-state index contributed by atoms with van der Waals surface area (Å²) in [4.78, 5) is 0. The van der Waals surface area contributed by atoms with E-state index in [0.717, 1.165) is 0 Å². The molecular formula is C25H52O17. The van der Waals surface area contributed by atoms with Crippen LogP contribution in [0.3, 0.4) is 0 Å². The first-order chi connectivity index (χ1) is 20.5. The van der Waals surface area contributed by atoms with Gasteiger partial charge in [-0.05, 0) is 0 Å². The van der Waals surface area contributed by atoms with E-state index in [4.69, 9.17) is 72.5 Å². The van der Waals surface area contributed by atoms with E-state index in [1.54, 1.807) is 7.11 Å². The van der Waals surface area contributed by atoms with Crippen LogP contribution in [0.2, 0.25) is 0 Å². The summed E-state index contributed by atoms with van der Waals surface area (Å²) in [6.45, 7) is 1.27. The van der Waals surface area contributed by atoms with Gasteiger partial charge in [-0.3, -0.25) is 0 Å². The Balaban J connectivity index is 4.34. The highest BCUT2D eigenvalue weighted by Gasteiger charge is 2.14. The molecule has 0 fully saturated rings. The van der Waals surface area contributed by atoms with Crippen molar-refractivity contribution in [3.8, 4) is 0 Å². The van der Waals surface area contributed by atoms with Gasteiger partial charge in [0.05, 0.1) is 126 Å². The first-order valence-electron chi connectivity index (χ1n) is 13.8. The summed E-state index contributed by atoms with van der Waals surface area (Å²) in [5.41, 5.74) is 0. The van der Waals surface area contributed by atoms with E-state index in [0.29, 0.717) is 13.2 Å². The predicted octanol–water partition coefficient (Wildman–Crippen LogP) is -3.53. The molecule has 0 spiro atoms. The van der Waals surface area contributed by atoms with Crippen LogP contribution in [0.25, 0.3) is 0 Å². The van der Waals surface area contributed by atoms with Crippen LogP contribution >= 0.6 is 0 Å². The lowest BCUT2D eigenvalue weighted by Gasteiger charge is -2.21. The molecule has 0 saturated heterocycles. The van der Waals surface area contributed by atoms with E-state index in [9.17, 15) is 10.2 Å². The second kappa shape index (κ2) is 31.7. The van der Waals surface area contributed by atoms with E-state index in [2.05, 4.69) is 0 Å². The highest BCUT2D eigenvalue weighted by Crippen LogP contribution is 2.01. The summed E-state index contributed by atoms with van der Waals surface area (Å²) in [6.07, 6.45) is -4.32. The quantitative estimate of drug-likeness (QED) is 0.0301. The van der Waals surface area contributed by atoms with Gasteiger partial charge in [-0.15, -0.1) is 0 Å². The minimum atomic E-state index is -1.30. The van der Waals surface area contributed by atoms with Gasteiger partial charge in [-0.2, -0.15) is 0 Å². The largest absolute Gasteiger partial charge is 0.394 e. The van der Waals surface area contributed by atoms with Crippen molar-refractivity contribution in [1.29, 1.82) is 0 Å². The number of rotatable bonds is 34. The lowest BCUT2D eigenvalue weighted by Crippen LogP contribution is -2.31. The number of aliphatic hydroxyl groups excluding tert-OH is 6. The summed E-state index contributed by atoms with van der Waals surface area (Å²) >= 11 is 0. The average molecular weight is 625 g/mol. The number of aliphatic hydroxyl groups is 6. The van der Waals surface area contributed by atoms with Gasteiger partial charge in [0, 0.05) is 7.11 Å². The topological polar surface area (TPSA) is 223 Å². The lowest BCUT2D eigenvalue weighted by atomic mass is 10.4. The Bertz CT molecular complexity index is 535. The maximum Gasteiger partial charge on any atom is 0.180 e. The molecule has 0 rings (SSSR count). The van der Waals surface area contributed by atoms with Crippen molar-refractivity contribution >= 4 is 0 Å². The van der Waals surface area contributed by atoms with Gasteiger partial charge in [-0.1, -0.05) is 0 Å². The highest BCUT2D eigenvalue weighted by atomic mass is 16.7. The van der Waals surface area contributed by atoms with Crippen LogP contribution in [0.5, 0.6) is 0 Å². The summed E-state index contributed by atoms with van der Waals surface area (Å²) in [5, 5.41) is 54.1. The summed E-state index contributed by atoms with van der Waals surface area (Å²) in [5.74, 6) is 0. The van der Waals surface area contributed by atoms with Gasteiger partial charge in [-0.25, -0.2) is 0 Å². The van der Waals surface area contributed by atoms with Gasteiger partial charge in [0.25, 0.3) is 0 Å². The Hall–Kier alpha value is -0.680. The van der Waals surface area contributed by atoms with E-state index in [-0.39, 0.29) is 92.5 Å². The third-order valence-corrected chi connectivity index (χ3v) is 4.90. The second-order valence-electron chi connectivity index (χ2n) is 8.37. The maximum atomic E-state index is 9.37. The summed E-state index contributed by atoms with van der Waals surface area (Å²) < 4.78 is 59.1. The van der Waals surface area contributed by atoms with Gasteiger partial charge < -0.3 is 82.7 Å². The Morgan fingerprint density at radius 2 is 0.810 bits per heavy atom. The van der Waals surface area contributed by atoms with Crippen molar-refractivity contribution in [3.63, 3.8) is 0 Å². The molecule has 0 saturated carbocycles. The molecule has 6 N–H and O–H groups in total. The molecule has 0 heterocycles. The fraction of sp³-hybridized carbons (Fsp3) is 1.00. The number of ether oxygens (including phenoxy) is 11. The molecule has 0 aliphatic heterocycles. The zero-order valence-electron chi connectivity index (χ0n) is 24.5. The van der Waals surface area contributed by atoms with Crippen LogP contribution in [0, 0.1) is 0 Å². The standard InChI is InChI=1S/C25H52O17/c1-32-4-5-34-18-22(20-36-7-9-39-23(30)14-27)37-8-6-35-19-21(17-33-3-2-26)38-10-12-41-25(16-29)42-13-11-40-24(31)15-28/h21-31H,2-20H2,1H3. The Morgan fingerprint density at radius 3 is 1.24 bits per heavy atom. The molecule has 5 atom stereocenters. The van der Waals surface area contributed by atoms with Crippen molar-refractivity contribution in [2.24, 2.45) is 0 Å². The summed E-state index contributed by atoms with van der Waals surface area (Å²) in [7, 11) is 1.57. The van der Waals surface area contributed by atoms with Gasteiger partial charge in [0.1, 0.15) is 12.2 Å². The third-order valence-electron chi connectivity index (χ3n) is 4.90. The molecule has 0 radical (unpaired) electrons. The number of methoxy groups -OCH3 is 1. The normalized spacial score (nSPS) is 15.5. The van der Waals surface area contributed by atoms with E-state index >= 15 is 0 Å². The predicted molar refractivity (Wildman–Crippen MR) is 143 cm³/mol. The van der Waals surface area contributed by atoms with E-state index < -0.39 is 50.9 Å². The highest BCUT2D eigenvalue weighted by molar-refractivity contribution is 4.58. The molecule has 0 aliphatic carbocycles. The zero-order chi connectivity index (χ0) is 31.1. The second-order valence-corrected chi connectivity index (χ2v) is 8.37. The SMILES string of the molecule is COCCOCC(COCCOC(O)CO)OCCOCC(COCCO)OCCOC(CO)OCCOC(O)CO. The first-order valence-corrected chi connectivity index (χ1v) is 13.8. The van der Waals surface area contributed by atoms with Crippen LogP contribution in [-0.2, 0) is 52.1 Å². The van der Waals surface area contributed by atoms with Crippen molar-refractivity contribution < 1.29 is 82.7 Å². The average Bonchev–Trinajstić information content (AvgIpc) is 3.00. The minimum Gasteiger partial charge on any atom is -0.394 e. The van der Waals surface area contributed by atoms with Crippen molar-refractivity contribution in [3.05, 3.63) is 0 Å². The molecule has 17 nitrogen and oxygen atoms in total. The molecule has 254 valence electrons. The van der Waals surface area contributed by atoms with Gasteiger partial charge in [0.15, 0.2) is 18.9 Å². The van der Waals surface area contributed by atoms with Gasteiger partial charge >= 0.3 is 0 Å². The molecule has 0 aliphatic rings. The fourth-order valence-electron chi connectivity index (χ4n) is 2.89. The van der Waals surface area contributed by atoms with Crippen molar-refractivity contribution in [1.82, 2.24) is 0 Å². The number of hydrogen-bond acceptors (Lipinski definition) is 17. The zero-order valence-corrected chi connectivity index (χ0v) is 24.5. The first kappa shape index (κ1) is 41.3. The molecule has 0 aromatic heterocycles. The van der Waals surface area contributed by atoms with Crippen LogP contribution in [0.15, 0.2) is 0 Å². The monoisotopic (exact) mass is 624 g/mol. The van der Waals surface area contributed by atoms with Crippen LogP contribution in [-0.4, -0.2) is 194 Å². The fourth-order valence-corrected chi connectivity index (χ4v) is 2.89. The number of hydrogen-bond donors (Lipinski definition) is 6. The molecule has 0 amide bonds. The molecule has 0 bridgehead atoms. The van der Waals surface area contributed by atoms with Crippen LogP contribution in [0.4, 0.5) is 0 Å². The van der Waals surface area contributed by atoms with Gasteiger partial charge in [0.2, 0.25) is 0 Å². The minimum absolute atomic E-state index is 0.00339. The van der Waals surface area contributed by atoms with Crippen LogP contribution < -0.4 is 0 Å². The Morgan fingerprint density at radius 1 is 0.429 bits per heavy atom. The molecule has 42 heavy (non-hydrogen) atoms. The van der Waals surface area contributed by atoms with Crippen molar-refractivity contribution in [2.75, 3.05) is 133 Å². The Kier molecular flexibility index (Phi) is 31.2. The van der Waals surface area contributed by atoms with Crippen LogP contribution in [0.1, 0.15) is 0 Å². The molecule has 0 aromatic carbocycles. The molecule has 17 heteroatoms. The molecule has 5 unspecified atom stereocenters. The molecule has 0 aromatic rings. The summed E-state index contributed by atoms with van der Waals surface area (Å²) in [6, 6.07) is 0. The van der Waals surface area contributed by atoms with E-state index in [1.807, 2.05) is 0 Å².